The molecule has 0 aromatic heterocycles. The number of aromatic hydroxyl groups is 1. The molecule has 4 rings (SSSR count). The fraction of sp³-hybridized carbons (Fsp3) is 0.185. The van der Waals surface area contributed by atoms with Crippen molar-refractivity contribution >= 4 is 103 Å². The van der Waals surface area contributed by atoms with E-state index in [0.717, 1.165) is 48.5 Å². The Balaban J connectivity index is 1.81. The average Bonchev–Trinajstić information content (AvgIpc) is 3.14. The molecule has 0 saturated heterocycles. The largest absolute Gasteiger partial charge is 0.505 e. The summed E-state index contributed by atoms with van der Waals surface area (Å²) in [6.07, 6.45) is 0. The van der Waals surface area contributed by atoms with Gasteiger partial charge in [-0.3, -0.25) is 9.11 Å². The van der Waals surface area contributed by atoms with Gasteiger partial charge in [-0.2, -0.15) is 21.9 Å². The van der Waals surface area contributed by atoms with E-state index in [-0.39, 0.29) is 54.6 Å². The van der Waals surface area contributed by atoms with Crippen LogP contribution in [-0.4, -0.2) is 93.6 Å². The van der Waals surface area contributed by atoms with E-state index in [1.54, 1.807) is 0 Å². The van der Waals surface area contributed by atoms with Crippen molar-refractivity contribution in [2.75, 3.05) is 36.7 Å². The number of anilines is 1. The number of nitrogen functional groups attached to an aromatic ring is 1. The van der Waals surface area contributed by atoms with Gasteiger partial charge in [-0.1, -0.05) is 10.1 Å². The molecule has 0 amide bonds. The maximum Gasteiger partial charge on any atom is 0.397 e. The van der Waals surface area contributed by atoms with Crippen LogP contribution in [0.3, 0.4) is 0 Å². The zero-order valence-electron chi connectivity index (χ0n) is 28.7. The zero-order chi connectivity index (χ0) is 43.1. The molecule has 0 aliphatic carbocycles. The van der Waals surface area contributed by atoms with Gasteiger partial charge in [-0.05, 0) is 60.0 Å². The predicted octanol–water partition coefficient (Wildman–Crippen LogP) is 4.09. The molecule has 0 bridgehead atoms. The van der Waals surface area contributed by atoms with Crippen LogP contribution in [0.15, 0.2) is 94.6 Å². The lowest BCUT2D eigenvalue weighted by Gasteiger charge is -2.14. The number of nitrogens with two attached hydrogens (primary N) is 1. The molecule has 1 atom stereocenters. The average molecular weight is 934 g/mol. The molecule has 0 heterocycles. The molecule has 31 heteroatoms. The molecular weight excluding hydrogens is 907 g/mol. The van der Waals surface area contributed by atoms with Crippen LogP contribution in [-0.2, 0) is 74.2 Å². The first-order valence-corrected chi connectivity index (χ1v) is 23.0. The summed E-state index contributed by atoms with van der Waals surface area (Å²) in [5.74, 6) is -3.07. The standard InChI is InChI=1S/C27H27N5O20S6/c1-47-20-7-6-18(56(39,40)11-9-54(36)52-50-35)14-19(20)30-31-25-21(53-51-49-34)12-15-13-22(57(41,42)43)26(24(28)23(15)27(25)33)32-29-16-2-4-17(5-3-16)55(37,38)10-8-48-58(44,45)46/h2-7,12-14,33-35H,8-11,28H2,1H3,(H,41,42,43)(H,44,45,46). The molecule has 0 saturated carbocycles. The lowest BCUT2D eigenvalue weighted by Crippen LogP contribution is -2.15. The highest BCUT2D eigenvalue weighted by atomic mass is 32.3. The number of benzene rings is 4. The van der Waals surface area contributed by atoms with Crippen molar-refractivity contribution in [3.8, 4) is 11.5 Å². The third-order valence-corrected chi connectivity index (χ3v) is 13.6. The van der Waals surface area contributed by atoms with Gasteiger partial charge in [0, 0.05) is 0 Å². The van der Waals surface area contributed by atoms with E-state index < -0.39 is 103 Å². The number of sulfone groups is 2. The van der Waals surface area contributed by atoms with Gasteiger partial charge < -0.3 is 15.6 Å². The van der Waals surface area contributed by atoms with Gasteiger partial charge in [0.25, 0.3) is 10.1 Å². The molecule has 25 nitrogen and oxygen atoms in total. The normalized spacial score (nSPS) is 13.5. The van der Waals surface area contributed by atoms with Gasteiger partial charge in [0.2, 0.25) is 0 Å². The minimum atomic E-state index is -5.15. The Labute approximate surface area is 334 Å². The summed E-state index contributed by atoms with van der Waals surface area (Å²) >= 11 is -2.11. The van der Waals surface area contributed by atoms with Gasteiger partial charge in [0.05, 0.1) is 74.5 Å². The minimum absolute atomic E-state index is 0.0375. The summed E-state index contributed by atoms with van der Waals surface area (Å²) in [5, 5.41) is 50.5. The van der Waals surface area contributed by atoms with Crippen molar-refractivity contribution in [1.29, 1.82) is 0 Å². The monoisotopic (exact) mass is 933 g/mol. The Hall–Kier alpha value is -4.32. The molecular formula is C27H27N5O20S6. The van der Waals surface area contributed by atoms with E-state index in [0.29, 0.717) is 0 Å². The Morgan fingerprint density at radius 3 is 2.03 bits per heavy atom. The lowest BCUT2D eigenvalue weighted by atomic mass is 10.1. The molecule has 58 heavy (non-hydrogen) atoms. The highest BCUT2D eigenvalue weighted by Crippen LogP contribution is 2.50. The van der Waals surface area contributed by atoms with Gasteiger partial charge in [0.15, 0.2) is 36.5 Å². The van der Waals surface area contributed by atoms with Crippen LogP contribution in [0, 0.1) is 0 Å². The van der Waals surface area contributed by atoms with Crippen LogP contribution in [0.5, 0.6) is 11.5 Å². The Morgan fingerprint density at radius 1 is 0.793 bits per heavy atom. The van der Waals surface area contributed by atoms with Crippen molar-refractivity contribution in [2.45, 2.75) is 19.6 Å². The minimum Gasteiger partial charge on any atom is -0.505 e. The second-order valence-corrected chi connectivity index (χ2v) is 19.4. The van der Waals surface area contributed by atoms with Gasteiger partial charge in [0.1, 0.15) is 27.7 Å². The zero-order valence-corrected chi connectivity index (χ0v) is 33.6. The van der Waals surface area contributed by atoms with E-state index in [2.05, 4.69) is 43.4 Å². The first kappa shape index (κ1) is 46.4. The summed E-state index contributed by atoms with van der Waals surface area (Å²) < 4.78 is 145. The first-order valence-electron chi connectivity index (χ1n) is 14.9. The predicted molar refractivity (Wildman–Crippen MR) is 198 cm³/mol. The molecule has 316 valence electrons. The number of phenols is 1. The number of ether oxygens (including phenoxy) is 1. The Kier molecular flexibility index (Phi) is 15.3. The quantitative estimate of drug-likeness (QED) is 0.0181. The van der Waals surface area contributed by atoms with E-state index in [9.17, 15) is 47.5 Å². The van der Waals surface area contributed by atoms with Crippen molar-refractivity contribution < 1.29 is 90.3 Å². The van der Waals surface area contributed by atoms with Crippen LogP contribution in [0.1, 0.15) is 0 Å². The number of hydrogen-bond acceptors (Lipinski definition) is 24. The molecule has 0 fully saturated rings. The van der Waals surface area contributed by atoms with Crippen LogP contribution < -0.4 is 10.5 Å². The summed E-state index contributed by atoms with van der Waals surface area (Å²) in [5.41, 5.74) is 4.11. The number of hydrogen-bond donors (Lipinski definition) is 6. The van der Waals surface area contributed by atoms with Crippen LogP contribution in [0.4, 0.5) is 28.4 Å². The van der Waals surface area contributed by atoms with E-state index in [4.69, 9.17) is 25.5 Å². The van der Waals surface area contributed by atoms with Crippen LogP contribution in [0.2, 0.25) is 0 Å². The number of fused-ring (bicyclic) bond motifs is 1. The van der Waals surface area contributed by atoms with Gasteiger partial charge >= 0.3 is 10.4 Å². The fourth-order valence-electron chi connectivity index (χ4n) is 4.63. The lowest BCUT2D eigenvalue weighted by molar-refractivity contribution is -0.434. The van der Waals surface area contributed by atoms with Crippen molar-refractivity contribution in [2.24, 2.45) is 20.5 Å². The summed E-state index contributed by atoms with van der Waals surface area (Å²) in [6.45, 7) is -0.891. The molecule has 4 aromatic rings. The fourth-order valence-corrected chi connectivity index (χ4v) is 9.64. The van der Waals surface area contributed by atoms with Crippen molar-refractivity contribution in [1.82, 2.24) is 0 Å². The molecule has 0 spiro atoms. The summed E-state index contributed by atoms with van der Waals surface area (Å²) in [4.78, 5) is -1.86. The molecule has 4 aromatic carbocycles. The third-order valence-electron chi connectivity index (χ3n) is 7.18. The molecule has 0 aliphatic heterocycles. The number of azo groups is 2. The number of nitrogens with zero attached hydrogens (tertiary/aromatic N) is 4. The smallest absolute Gasteiger partial charge is 0.397 e. The number of phenolic OH excluding ortho intramolecular Hbond substituents is 1. The Bertz CT molecular complexity index is 2710. The van der Waals surface area contributed by atoms with E-state index in [1.165, 1.54) is 13.2 Å². The first-order chi connectivity index (χ1) is 27.1. The maximum absolute atomic E-state index is 12.9. The van der Waals surface area contributed by atoms with E-state index in [1.807, 2.05) is 0 Å². The number of rotatable bonds is 20. The van der Waals surface area contributed by atoms with E-state index >= 15 is 0 Å². The summed E-state index contributed by atoms with van der Waals surface area (Å²) in [7, 11) is -17.1. The van der Waals surface area contributed by atoms with Gasteiger partial charge in [-0.15, -0.1) is 24.0 Å². The summed E-state index contributed by atoms with van der Waals surface area (Å²) in [6, 6.07) is 9.58. The molecule has 0 aliphatic rings. The second-order valence-electron chi connectivity index (χ2n) is 10.8. The molecule has 7 N–H and O–H groups in total. The van der Waals surface area contributed by atoms with Crippen LogP contribution >= 0.6 is 12.0 Å². The third kappa shape index (κ3) is 11.9. The van der Waals surface area contributed by atoms with Crippen LogP contribution in [0.25, 0.3) is 10.8 Å². The van der Waals surface area contributed by atoms with Crippen molar-refractivity contribution in [3.63, 3.8) is 0 Å². The second kappa shape index (κ2) is 19.2. The molecule has 0 radical (unpaired) electrons. The van der Waals surface area contributed by atoms with Crippen molar-refractivity contribution in [3.05, 3.63) is 54.6 Å². The Morgan fingerprint density at radius 2 is 1.43 bits per heavy atom. The topological polar surface area (TPSA) is 386 Å². The number of methoxy groups -OCH3 is 1. The highest BCUT2D eigenvalue weighted by molar-refractivity contribution is 7.94. The van der Waals surface area contributed by atoms with Gasteiger partial charge in [-0.25, -0.2) is 35.7 Å². The molecule has 1 unspecified atom stereocenters. The highest BCUT2D eigenvalue weighted by Gasteiger charge is 2.26. The SMILES string of the molecule is COc1ccc(S(=O)(=O)CCS(=O)OOO)cc1N=Nc1c(SOOO)cc2cc(S(=O)(=O)O)c(N=Nc3ccc(S(=O)(=O)CCOS(=O)(=O)O)cc3)c(N)c2c1O. The maximum atomic E-state index is 12.9.